The molecule has 2 aromatic carbocycles. The number of hydrogen-bond acceptors (Lipinski definition) is 3. The van der Waals surface area contributed by atoms with Gasteiger partial charge in [0.05, 0.1) is 4.90 Å². The first-order valence-corrected chi connectivity index (χ1v) is 10.6. The maximum absolute atomic E-state index is 12.2. The van der Waals surface area contributed by atoms with Crippen LogP contribution in [0.5, 0.6) is 0 Å². The van der Waals surface area contributed by atoms with Crippen LogP contribution >= 0.6 is 0 Å². The van der Waals surface area contributed by atoms with Gasteiger partial charge in [0.1, 0.15) is 0 Å². The molecule has 6 heteroatoms. The van der Waals surface area contributed by atoms with E-state index in [1.54, 1.807) is 24.3 Å². The van der Waals surface area contributed by atoms with Gasteiger partial charge in [0.25, 0.3) is 0 Å². The predicted molar refractivity (Wildman–Crippen MR) is 109 cm³/mol. The van der Waals surface area contributed by atoms with E-state index in [2.05, 4.69) is 16.1 Å². The number of benzene rings is 2. The number of nitrogens with one attached hydrogen (secondary N) is 2. The zero-order valence-electron chi connectivity index (χ0n) is 16.4. The third-order valence-corrected chi connectivity index (χ3v) is 5.50. The Hall–Kier alpha value is -2.18. The Bertz CT molecular complexity index is 868. The van der Waals surface area contributed by atoms with Gasteiger partial charge in [-0.3, -0.25) is 4.79 Å². The number of amides is 1. The molecule has 0 radical (unpaired) electrons. The third kappa shape index (κ3) is 6.81. The molecule has 0 spiro atoms. The lowest BCUT2D eigenvalue weighted by Crippen LogP contribution is -2.27. The summed E-state index contributed by atoms with van der Waals surface area (Å²) in [5, 5.41) is 2.91. The fraction of sp³-hybridized carbons (Fsp3) is 0.381. The second-order valence-electron chi connectivity index (χ2n) is 7.31. The molecule has 146 valence electrons. The second kappa shape index (κ2) is 9.15. The van der Waals surface area contributed by atoms with E-state index in [0.717, 1.165) is 22.4 Å². The van der Waals surface area contributed by atoms with Crippen LogP contribution in [0.25, 0.3) is 0 Å². The van der Waals surface area contributed by atoms with Crippen molar-refractivity contribution in [3.05, 3.63) is 59.2 Å². The highest BCUT2D eigenvalue weighted by Crippen LogP contribution is 2.15. The molecule has 0 unspecified atom stereocenters. The van der Waals surface area contributed by atoms with E-state index in [1.807, 2.05) is 39.8 Å². The van der Waals surface area contributed by atoms with Gasteiger partial charge >= 0.3 is 0 Å². The summed E-state index contributed by atoms with van der Waals surface area (Å²) in [4.78, 5) is 12.4. The minimum Gasteiger partial charge on any atom is -0.326 e. The molecule has 0 bridgehead atoms. The lowest BCUT2D eigenvalue weighted by atomic mass is 10.1. The first-order valence-electron chi connectivity index (χ1n) is 9.12. The molecular formula is C21H28N2O3S. The summed E-state index contributed by atoms with van der Waals surface area (Å²) in [5.41, 5.74) is 3.94. The Morgan fingerprint density at radius 1 is 1.00 bits per heavy atom. The Labute approximate surface area is 162 Å². The molecule has 5 nitrogen and oxygen atoms in total. The number of hydrogen-bond donors (Lipinski definition) is 2. The lowest BCUT2D eigenvalue weighted by molar-refractivity contribution is -0.116. The molecular weight excluding hydrogens is 360 g/mol. The normalized spacial score (nSPS) is 11.6. The van der Waals surface area contributed by atoms with E-state index >= 15 is 0 Å². The third-order valence-electron chi connectivity index (χ3n) is 4.06. The number of carbonyl (C=O) groups excluding carboxylic acids is 1. The van der Waals surface area contributed by atoms with Crippen LogP contribution in [0.15, 0.2) is 47.4 Å². The Kier molecular flexibility index (Phi) is 7.16. The number of anilines is 1. The number of carbonyl (C=O) groups is 1. The first-order chi connectivity index (χ1) is 12.7. The van der Waals surface area contributed by atoms with E-state index in [1.165, 1.54) is 0 Å². The smallest absolute Gasteiger partial charge is 0.240 e. The summed E-state index contributed by atoms with van der Waals surface area (Å²) in [6, 6.07) is 12.6. The molecule has 0 aliphatic heterocycles. The van der Waals surface area contributed by atoms with Crippen molar-refractivity contribution in [2.75, 3.05) is 11.9 Å². The van der Waals surface area contributed by atoms with Crippen molar-refractivity contribution in [1.82, 2.24) is 4.72 Å². The second-order valence-corrected chi connectivity index (χ2v) is 9.08. The number of aryl methyl sites for hydroxylation is 3. The molecule has 2 rings (SSSR count). The minimum atomic E-state index is -3.48. The molecule has 0 heterocycles. The van der Waals surface area contributed by atoms with Gasteiger partial charge in [0.2, 0.25) is 15.9 Å². The van der Waals surface area contributed by atoms with E-state index < -0.39 is 10.0 Å². The van der Waals surface area contributed by atoms with Gasteiger partial charge in [0, 0.05) is 18.7 Å². The van der Waals surface area contributed by atoms with E-state index in [9.17, 15) is 13.2 Å². The van der Waals surface area contributed by atoms with Crippen LogP contribution in [0.1, 0.15) is 37.0 Å². The van der Waals surface area contributed by atoms with Crippen LogP contribution < -0.4 is 10.0 Å². The van der Waals surface area contributed by atoms with E-state index in [-0.39, 0.29) is 16.7 Å². The summed E-state index contributed by atoms with van der Waals surface area (Å²) in [6.07, 6.45) is 0.890. The van der Waals surface area contributed by atoms with Crippen molar-refractivity contribution in [3.63, 3.8) is 0 Å². The molecule has 2 N–H and O–H groups in total. The molecule has 0 fully saturated rings. The molecule has 1 amide bonds. The van der Waals surface area contributed by atoms with Crippen molar-refractivity contribution in [2.24, 2.45) is 5.92 Å². The monoisotopic (exact) mass is 388 g/mol. The van der Waals surface area contributed by atoms with Gasteiger partial charge in [0.15, 0.2) is 0 Å². The van der Waals surface area contributed by atoms with Crippen molar-refractivity contribution in [2.45, 2.75) is 45.4 Å². The van der Waals surface area contributed by atoms with E-state index in [0.29, 0.717) is 19.4 Å². The van der Waals surface area contributed by atoms with Crippen molar-refractivity contribution in [3.8, 4) is 0 Å². The van der Waals surface area contributed by atoms with E-state index in [4.69, 9.17) is 0 Å². The van der Waals surface area contributed by atoms with Crippen LogP contribution in [-0.2, 0) is 21.2 Å². The van der Waals surface area contributed by atoms with Crippen molar-refractivity contribution >= 4 is 21.6 Å². The lowest BCUT2D eigenvalue weighted by Gasteiger charge is -2.10. The fourth-order valence-corrected chi connectivity index (χ4v) is 3.94. The van der Waals surface area contributed by atoms with Gasteiger partial charge in [-0.2, -0.15) is 0 Å². The summed E-state index contributed by atoms with van der Waals surface area (Å²) in [5.74, 6) is 0.185. The number of sulfonamides is 1. The summed E-state index contributed by atoms with van der Waals surface area (Å²) in [7, 11) is -3.48. The van der Waals surface area contributed by atoms with Crippen LogP contribution in [0.4, 0.5) is 5.69 Å². The molecule has 0 aliphatic carbocycles. The Morgan fingerprint density at radius 3 is 2.15 bits per heavy atom. The largest absolute Gasteiger partial charge is 0.326 e. The molecule has 0 aromatic heterocycles. The van der Waals surface area contributed by atoms with Crippen LogP contribution in [0.2, 0.25) is 0 Å². The average Bonchev–Trinajstić information content (AvgIpc) is 2.58. The van der Waals surface area contributed by atoms with Crippen LogP contribution in [-0.4, -0.2) is 20.9 Å². The van der Waals surface area contributed by atoms with Crippen molar-refractivity contribution in [1.29, 1.82) is 0 Å². The van der Waals surface area contributed by atoms with Gasteiger partial charge in [-0.15, -0.1) is 0 Å². The molecule has 0 saturated carbocycles. The zero-order valence-corrected chi connectivity index (χ0v) is 17.2. The average molecular weight is 389 g/mol. The van der Waals surface area contributed by atoms with Crippen LogP contribution in [0.3, 0.4) is 0 Å². The predicted octanol–water partition coefficient (Wildman–Crippen LogP) is 3.81. The maximum Gasteiger partial charge on any atom is 0.240 e. The highest BCUT2D eigenvalue weighted by molar-refractivity contribution is 7.89. The van der Waals surface area contributed by atoms with Gasteiger partial charge in [-0.25, -0.2) is 13.1 Å². The first kappa shape index (κ1) is 21.1. The quantitative estimate of drug-likeness (QED) is 0.722. The summed E-state index contributed by atoms with van der Waals surface area (Å²) < 4.78 is 27.0. The van der Waals surface area contributed by atoms with Gasteiger partial charge < -0.3 is 5.32 Å². The molecule has 0 atom stereocenters. The number of rotatable bonds is 8. The zero-order chi connectivity index (χ0) is 20.0. The topological polar surface area (TPSA) is 75.3 Å². The maximum atomic E-state index is 12.2. The summed E-state index contributed by atoms with van der Waals surface area (Å²) in [6.45, 7) is 8.30. The van der Waals surface area contributed by atoms with Gasteiger partial charge in [-0.1, -0.05) is 32.0 Å². The SMILES string of the molecule is Cc1cc(C)cc(NC(=O)CCc2ccc(S(=O)(=O)NCC(C)C)cc2)c1. The standard InChI is InChI=1S/C21H28N2O3S/c1-15(2)14-22-27(25,26)20-8-5-18(6-9-20)7-10-21(24)23-19-12-16(3)11-17(4)13-19/h5-6,8-9,11-13,15,22H,7,10,14H2,1-4H3,(H,23,24). The molecule has 0 aliphatic rings. The Morgan fingerprint density at radius 2 is 1.59 bits per heavy atom. The highest BCUT2D eigenvalue weighted by atomic mass is 32.2. The van der Waals surface area contributed by atoms with Crippen LogP contribution in [0, 0.1) is 19.8 Å². The Balaban J connectivity index is 1.91. The summed E-state index contributed by atoms with van der Waals surface area (Å²) >= 11 is 0. The molecule has 0 saturated heterocycles. The minimum absolute atomic E-state index is 0.0599. The van der Waals surface area contributed by atoms with Crippen molar-refractivity contribution < 1.29 is 13.2 Å². The fourth-order valence-electron chi connectivity index (χ4n) is 2.72. The van der Waals surface area contributed by atoms with Gasteiger partial charge in [-0.05, 0) is 67.1 Å². The highest BCUT2D eigenvalue weighted by Gasteiger charge is 2.14. The molecule has 27 heavy (non-hydrogen) atoms. The molecule has 2 aromatic rings.